The van der Waals surface area contributed by atoms with E-state index >= 15 is 0 Å². The van der Waals surface area contributed by atoms with Crippen molar-refractivity contribution in [1.29, 1.82) is 0 Å². The average molecular weight is 350 g/mol. The monoisotopic (exact) mass is 350 g/mol. The van der Waals surface area contributed by atoms with Crippen LogP contribution in [-0.2, 0) is 6.54 Å². The number of nitrogens with two attached hydrogens (primary N) is 1. The third-order valence-corrected chi connectivity index (χ3v) is 4.50. The first kappa shape index (κ1) is 18.6. The van der Waals surface area contributed by atoms with Gasteiger partial charge in [-0.2, -0.15) is 0 Å². The highest BCUT2D eigenvalue weighted by atomic mass is 32.2. The summed E-state index contributed by atoms with van der Waals surface area (Å²) in [6, 6.07) is 13.3. The molecule has 6 heteroatoms. The molecule has 2 aromatic rings. The highest BCUT2D eigenvalue weighted by Gasteiger charge is 2.12. The molecule has 0 spiro atoms. The number of hydrogen-bond acceptors (Lipinski definition) is 5. The van der Waals surface area contributed by atoms with Gasteiger partial charge in [0.2, 0.25) is 0 Å². The van der Waals surface area contributed by atoms with Gasteiger partial charge in [0.05, 0.1) is 6.67 Å². The molecule has 0 amide bonds. The normalized spacial score (nSPS) is 12.4. The molecule has 0 bridgehead atoms. The molecule has 0 aliphatic heterocycles. The van der Waals surface area contributed by atoms with Crippen molar-refractivity contribution in [3.8, 4) is 5.75 Å². The van der Waals surface area contributed by atoms with Crippen LogP contribution in [0.1, 0.15) is 12.0 Å². The first-order valence-electron chi connectivity index (χ1n) is 7.70. The summed E-state index contributed by atoms with van der Waals surface area (Å²) in [5.41, 5.74) is 7.81. The number of aliphatic hydroxyl groups excluding tert-OH is 1. The number of rotatable bonds is 8. The van der Waals surface area contributed by atoms with Crippen LogP contribution in [0.4, 0.5) is 10.1 Å². The second kappa shape index (κ2) is 8.92. The van der Waals surface area contributed by atoms with Crippen molar-refractivity contribution in [3.05, 3.63) is 48.0 Å². The molecule has 2 rings (SSSR count). The Hall–Kier alpha value is -1.76. The second-order valence-electron chi connectivity index (χ2n) is 5.70. The van der Waals surface area contributed by atoms with E-state index in [0.717, 1.165) is 21.0 Å². The lowest BCUT2D eigenvalue weighted by molar-refractivity contribution is -0.0268. The smallest absolute Gasteiger partial charge is 0.199 e. The van der Waals surface area contributed by atoms with Crippen molar-refractivity contribution in [1.82, 2.24) is 4.90 Å². The summed E-state index contributed by atoms with van der Waals surface area (Å²) >= 11 is 1.59. The summed E-state index contributed by atoms with van der Waals surface area (Å²) in [4.78, 5) is 4.10. The van der Waals surface area contributed by atoms with Gasteiger partial charge in [-0.25, -0.2) is 0 Å². The van der Waals surface area contributed by atoms with Gasteiger partial charge in [-0.1, -0.05) is 23.9 Å². The summed E-state index contributed by atoms with van der Waals surface area (Å²) in [7, 11) is 3.97. The Morgan fingerprint density at radius 2 is 1.96 bits per heavy atom. The number of benzene rings is 2. The molecule has 4 nitrogen and oxygen atoms in total. The van der Waals surface area contributed by atoms with Gasteiger partial charge in [0.25, 0.3) is 0 Å². The number of hydrogen-bond donors (Lipinski definition) is 2. The Morgan fingerprint density at radius 1 is 1.21 bits per heavy atom. The Morgan fingerprint density at radius 3 is 2.62 bits per heavy atom. The number of nitrogen functional groups attached to an aromatic ring is 1. The summed E-state index contributed by atoms with van der Waals surface area (Å²) in [5, 5.41) is 9.62. The van der Waals surface area contributed by atoms with E-state index in [1.165, 1.54) is 0 Å². The number of alkyl halides is 1. The Balaban J connectivity index is 2.25. The minimum absolute atomic E-state index is 0.0416. The number of ether oxygens (including phenoxy) is 1. The zero-order valence-corrected chi connectivity index (χ0v) is 14.7. The maximum Gasteiger partial charge on any atom is 0.199 e. The fourth-order valence-corrected chi connectivity index (χ4v) is 3.15. The van der Waals surface area contributed by atoms with Crippen LogP contribution in [0.2, 0.25) is 0 Å². The van der Waals surface area contributed by atoms with Crippen molar-refractivity contribution in [2.45, 2.75) is 29.0 Å². The Bertz CT molecular complexity index is 667. The molecule has 0 saturated heterocycles. The molecule has 0 aromatic heterocycles. The third-order valence-electron chi connectivity index (χ3n) is 3.29. The van der Waals surface area contributed by atoms with E-state index in [9.17, 15) is 9.50 Å². The van der Waals surface area contributed by atoms with Crippen LogP contribution in [0.5, 0.6) is 5.75 Å². The van der Waals surface area contributed by atoms with Crippen LogP contribution < -0.4 is 10.5 Å². The van der Waals surface area contributed by atoms with Gasteiger partial charge < -0.3 is 20.5 Å². The number of nitrogens with zero attached hydrogens (tertiary/aromatic N) is 1. The molecule has 1 unspecified atom stereocenters. The zero-order chi connectivity index (χ0) is 17.5. The van der Waals surface area contributed by atoms with E-state index < -0.39 is 13.0 Å². The Labute approximate surface area is 146 Å². The number of halogens is 1. The fraction of sp³-hybridized carbons (Fsp3) is 0.333. The summed E-state index contributed by atoms with van der Waals surface area (Å²) in [6.07, 6.45) is -1.18. The average Bonchev–Trinajstić information content (AvgIpc) is 2.51. The van der Waals surface area contributed by atoms with E-state index in [4.69, 9.17) is 10.5 Å². The summed E-state index contributed by atoms with van der Waals surface area (Å²) < 4.78 is 17.6. The summed E-state index contributed by atoms with van der Waals surface area (Å²) in [5.74, 6) is 0.526. The SMILES string of the molecule is CN(C)Cc1cc(OC(O)CCF)ccc1Sc1ccccc1N. The van der Waals surface area contributed by atoms with E-state index in [2.05, 4.69) is 4.90 Å². The molecular formula is C18H23FN2O2S. The van der Waals surface area contributed by atoms with Crippen molar-refractivity contribution in [2.75, 3.05) is 26.5 Å². The van der Waals surface area contributed by atoms with Crippen molar-refractivity contribution < 1.29 is 14.2 Å². The van der Waals surface area contributed by atoms with E-state index in [1.807, 2.05) is 50.5 Å². The summed E-state index contributed by atoms with van der Waals surface area (Å²) in [6.45, 7) is 0.0957. The highest BCUT2D eigenvalue weighted by Crippen LogP contribution is 2.36. The van der Waals surface area contributed by atoms with E-state index in [1.54, 1.807) is 17.8 Å². The standard InChI is InChI=1S/C18H23FN2O2S/c1-21(2)12-13-11-14(23-18(22)9-10-19)7-8-16(13)24-17-6-4-3-5-15(17)20/h3-8,11,18,22H,9-10,12,20H2,1-2H3. The van der Waals surface area contributed by atoms with Crippen LogP contribution in [0.25, 0.3) is 0 Å². The highest BCUT2D eigenvalue weighted by molar-refractivity contribution is 7.99. The van der Waals surface area contributed by atoms with Gasteiger partial charge in [-0.15, -0.1) is 0 Å². The Kier molecular flexibility index (Phi) is 6.90. The van der Waals surface area contributed by atoms with E-state index in [-0.39, 0.29) is 6.42 Å². The zero-order valence-electron chi connectivity index (χ0n) is 13.9. The first-order valence-corrected chi connectivity index (χ1v) is 8.52. The predicted octanol–water partition coefficient (Wildman–Crippen LogP) is 3.54. The molecule has 0 radical (unpaired) electrons. The number of aliphatic hydroxyl groups is 1. The van der Waals surface area contributed by atoms with Crippen LogP contribution in [0.3, 0.4) is 0 Å². The first-order chi connectivity index (χ1) is 11.5. The van der Waals surface area contributed by atoms with Crippen molar-refractivity contribution >= 4 is 17.4 Å². The quantitative estimate of drug-likeness (QED) is 0.563. The van der Waals surface area contributed by atoms with Gasteiger partial charge in [0, 0.05) is 28.4 Å². The molecule has 2 aromatic carbocycles. The minimum atomic E-state index is -1.13. The predicted molar refractivity (Wildman–Crippen MR) is 96.0 cm³/mol. The fourth-order valence-electron chi connectivity index (χ4n) is 2.19. The van der Waals surface area contributed by atoms with Gasteiger partial charge in [0.15, 0.2) is 6.29 Å². The lowest BCUT2D eigenvalue weighted by Gasteiger charge is -2.18. The lowest BCUT2D eigenvalue weighted by Crippen LogP contribution is -2.16. The molecule has 0 aliphatic rings. The molecule has 0 fully saturated rings. The van der Waals surface area contributed by atoms with Crippen LogP contribution >= 0.6 is 11.8 Å². The largest absolute Gasteiger partial charge is 0.465 e. The molecule has 130 valence electrons. The van der Waals surface area contributed by atoms with Gasteiger partial charge in [-0.3, -0.25) is 4.39 Å². The topological polar surface area (TPSA) is 58.7 Å². The van der Waals surface area contributed by atoms with Crippen molar-refractivity contribution in [2.24, 2.45) is 0 Å². The van der Waals surface area contributed by atoms with Gasteiger partial charge in [0.1, 0.15) is 5.75 Å². The molecule has 3 N–H and O–H groups in total. The molecular weight excluding hydrogens is 327 g/mol. The second-order valence-corrected chi connectivity index (χ2v) is 6.78. The van der Waals surface area contributed by atoms with Crippen LogP contribution in [0.15, 0.2) is 52.3 Å². The van der Waals surface area contributed by atoms with Gasteiger partial charge in [-0.05, 0) is 50.0 Å². The van der Waals surface area contributed by atoms with E-state index in [0.29, 0.717) is 12.3 Å². The molecule has 24 heavy (non-hydrogen) atoms. The molecule has 0 heterocycles. The van der Waals surface area contributed by atoms with Crippen molar-refractivity contribution in [3.63, 3.8) is 0 Å². The third kappa shape index (κ3) is 5.40. The maximum absolute atomic E-state index is 12.3. The molecule has 0 aliphatic carbocycles. The van der Waals surface area contributed by atoms with Gasteiger partial charge >= 0.3 is 0 Å². The lowest BCUT2D eigenvalue weighted by atomic mass is 10.2. The molecule has 0 saturated carbocycles. The maximum atomic E-state index is 12.3. The van der Waals surface area contributed by atoms with Crippen LogP contribution in [0, 0.1) is 0 Å². The molecule has 1 atom stereocenters. The minimum Gasteiger partial charge on any atom is -0.465 e. The van der Waals surface area contributed by atoms with Crippen LogP contribution in [-0.4, -0.2) is 37.1 Å². The number of para-hydroxylation sites is 1. The number of anilines is 1.